The quantitative estimate of drug-likeness (QED) is 0.121. The van der Waals surface area contributed by atoms with Gasteiger partial charge in [0, 0.05) is 22.0 Å². The number of ether oxygens (including phenoxy) is 2. The number of piperazine rings is 6. The summed E-state index contributed by atoms with van der Waals surface area (Å²) in [5.74, 6) is 2.95. The fraction of sp³-hybridized carbons (Fsp3) is 0.733. The highest BCUT2D eigenvalue weighted by molar-refractivity contribution is 5.71. The molecule has 0 radical (unpaired) electrons. The van der Waals surface area contributed by atoms with Crippen LogP contribution in [-0.4, -0.2) is 134 Å². The van der Waals surface area contributed by atoms with E-state index in [0.717, 1.165) is 120 Å². The van der Waals surface area contributed by atoms with Crippen LogP contribution < -0.4 is 0 Å². The number of hydrogen-bond donors (Lipinski definition) is 0. The van der Waals surface area contributed by atoms with Crippen molar-refractivity contribution < 1.29 is 37.0 Å². The molecule has 4 bridgehead atoms. The summed E-state index contributed by atoms with van der Waals surface area (Å²) in [5, 5.41) is 0. The summed E-state index contributed by atoms with van der Waals surface area (Å²) < 4.78 is 17.6. The van der Waals surface area contributed by atoms with E-state index in [0.29, 0.717) is 49.3 Å². The van der Waals surface area contributed by atoms with Gasteiger partial charge in [0.25, 0.3) is 0 Å². The lowest BCUT2D eigenvalue weighted by molar-refractivity contribution is -1.08. The number of benzene rings is 2. The Labute approximate surface area is 411 Å². The van der Waals surface area contributed by atoms with Crippen LogP contribution in [0.15, 0.2) is 72.8 Å². The number of carbonyl (C=O) groups is 2. The van der Waals surface area contributed by atoms with E-state index in [1.807, 2.05) is 0 Å². The first-order chi connectivity index (χ1) is 32.4. The average molecular weight is 931 g/mol. The van der Waals surface area contributed by atoms with Crippen molar-refractivity contribution in [2.24, 2.45) is 56.7 Å². The standard InChI is InChI=1S/C60H90N4O4/c1-45(2)48-20-25-60(44-67-53(65)42-63-34-28-61(29-35-63,30-36-63)40-46-14-10-8-11-15-46)27-26-58(6)49(55(48)60)18-19-51-57(5)23-22-52(56(3,4)50(57)21-24-59(51,58)7)68-54(66)43-64-37-31-62(32-38-64,33-39-64)41-47-16-12-9-13-17-47/h8-17,48-52,55H,1,18-44H2,2-7H3/q+4/t48-,49?,50?,51?,52-,55?,57-,58+,59+,60+,61?,62?,63?,64?/m0/s1. The smallest absolute Gasteiger partial charge is 0.362 e. The second kappa shape index (κ2) is 16.8. The molecule has 5 aliphatic carbocycles. The molecule has 2 aromatic carbocycles. The number of allylic oxidation sites excluding steroid dienone is 1. The van der Waals surface area contributed by atoms with E-state index in [-0.39, 0.29) is 45.1 Å². The van der Waals surface area contributed by atoms with Crippen molar-refractivity contribution in [2.45, 2.75) is 125 Å². The summed E-state index contributed by atoms with van der Waals surface area (Å²) in [6, 6.07) is 22.0. The van der Waals surface area contributed by atoms with Crippen molar-refractivity contribution in [1.29, 1.82) is 0 Å². The molecule has 68 heavy (non-hydrogen) atoms. The van der Waals surface area contributed by atoms with Gasteiger partial charge in [-0.05, 0) is 117 Å². The molecule has 6 aliphatic heterocycles. The Morgan fingerprint density at radius 3 is 1.65 bits per heavy atom. The van der Waals surface area contributed by atoms with Crippen LogP contribution in [0.25, 0.3) is 0 Å². The maximum absolute atomic E-state index is 14.1. The van der Waals surface area contributed by atoms with Gasteiger partial charge in [0.15, 0.2) is 13.1 Å². The van der Waals surface area contributed by atoms with Crippen molar-refractivity contribution in [3.05, 3.63) is 83.9 Å². The van der Waals surface area contributed by atoms with Crippen LogP contribution in [-0.2, 0) is 32.2 Å². The first kappa shape index (κ1) is 47.3. The van der Waals surface area contributed by atoms with Gasteiger partial charge in [-0.3, -0.25) is 0 Å². The van der Waals surface area contributed by atoms with Crippen molar-refractivity contribution in [1.82, 2.24) is 0 Å². The van der Waals surface area contributed by atoms with Gasteiger partial charge in [-0.15, -0.1) is 0 Å². The van der Waals surface area contributed by atoms with Crippen LogP contribution in [0.1, 0.15) is 117 Å². The molecule has 0 N–H and O–H groups in total. The molecule has 0 spiro atoms. The largest absolute Gasteiger partial charge is 0.461 e. The first-order valence-corrected chi connectivity index (χ1v) is 27.9. The normalized spacial score (nSPS) is 45.3. The summed E-state index contributed by atoms with van der Waals surface area (Å²) in [6.07, 6.45) is 11.9. The molecule has 5 saturated carbocycles. The molecule has 2 aromatic rings. The highest BCUT2D eigenvalue weighted by Gasteiger charge is 2.71. The van der Waals surface area contributed by atoms with E-state index in [9.17, 15) is 9.59 Å². The number of quaternary nitrogens is 4. The summed E-state index contributed by atoms with van der Waals surface area (Å²) in [6.45, 7) is 37.5. The van der Waals surface area contributed by atoms with Crippen LogP contribution in [0.3, 0.4) is 0 Å². The van der Waals surface area contributed by atoms with Crippen molar-refractivity contribution in [3.8, 4) is 0 Å². The molecule has 10 atom stereocenters. The highest BCUT2D eigenvalue weighted by atomic mass is 16.5. The van der Waals surface area contributed by atoms with Crippen molar-refractivity contribution >= 4 is 11.9 Å². The lowest BCUT2D eigenvalue weighted by Crippen LogP contribution is -2.75. The van der Waals surface area contributed by atoms with E-state index in [4.69, 9.17) is 9.47 Å². The van der Waals surface area contributed by atoms with E-state index < -0.39 is 0 Å². The first-order valence-electron chi connectivity index (χ1n) is 27.9. The second-order valence-electron chi connectivity index (χ2n) is 27.2. The minimum atomic E-state index is -0.0622. The van der Waals surface area contributed by atoms with Crippen LogP contribution >= 0.6 is 0 Å². The van der Waals surface area contributed by atoms with Gasteiger partial charge in [0.1, 0.15) is 97.7 Å². The van der Waals surface area contributed by atoms with Crippen molar-refractivity contribution in [2.75, 3.05) is 98.2 Å². The Bertz CT molecular complexity index is 2200. The molecule has 4 unspecified atom stereocenters. The van der Waals surface area contributed by atoms with Gasteiger partial charge in [-0.2, -0.15) is 0 Å². The van der Waals surface area contributed by atoms with Gasteiger partial charge in [0.05, 0.1) is 6.61 Å². The van der Waals surface area contributed by atoms with Gasteiger partial charge in [-0.1, -0.05) is 107 Å². The van der Waals surface area contributed by atoms with Gasteiger partial charge in [0.2, 0.25) is 0 Å². The Morgan fingerprint density at radius 2 is 1.10 bits per heavy atom. The third-order valence-electron chi connectivity index (χ3n) is 23.9. The molecule has 6 heterocycles. The fourth-order valence-corrected chi connectivity index (χ4v) is 19.5. The predicted molar refractivity (Wildman–Crippen MR) is 269 cm³/mol. The van der Waals surface area contributed by atoms with Gasteiger partial charge < -0.3 is 27.4 Å². The Morgan fingerprint density at radius 1 is 0.574 bits per heavy atom. The highest BCUT2D eigenvalue weighted by Crippen LogP contribution is 2.77. The maximum atomic E-state index is 14.1. The van der Waals surface area contributed by atoms with Crippen LogP contribution in [0.2, 0.25) is 0 Å². The molecule has 11 fully saturated rings. The SMILES string of the molecule is C=C(C)[C@@H]1CC[C@]2(COC(=O)C[N+]34CC[N+](Cc5ccccc5)(CC3)CC4)CC[C@]3(C)C(CCC4[C@@]5(C)CC[C@H](OC(=O)C[N+]67CC[N+](Cc8ccccc8)(CC6)CC7)C(C)(C)C5CC[C@]43C)C12. The molecule has 370 valence electrons. The lowest BCUT2D eigenvalue weighted by Gasteiger charge is -2.73. The number of nitrogens with zero attached hydrogens (tertiary/aromatic N) is 4. The van der Waals surface area contributed by atoms with Gasteiger partial charge in [-0.25, -0.2) is 9.59 Å². The van der Waals surface area contributed by atoms with Gasteiger partial charge >= 0.3 is 11.9 Å². The summed E-state index contributed by atoms with van der Waals surface area (Å²) >= 11 is 0. The predicted octanol–water partition coefficient (Wildman–Crippen LogP) is 9.82. The molecule has 11 aliphatic rings. The Kier molecular flexibility index (Phi) is 11.7. The summed E-state index contributed by atoms with van der Waals surface area (Å²) in [5.41, 5.74) is 4.91. The molecule has 8 nitrogen and oxygen atoms in total. The molecule has 6 saturated heterocycles. The van der Waals surface area contributed by atoms with Crippen molar-refractivity contribution in [3.63, 3.8) is 0 Å². The third-order valence-corrected chi connectivity index (χ3v) is 23.9. The number of carbonyl (C=O) groups excluding carboxylic acids is 2. The number of hydrogen-bond acceptors (Lipinski definition) is 4. The van der Waals surface area contributed by atoms with Crippen LogP contribution in [0.5, 0.6) is 0 Å². The van der Waals surface area contributed by atoms with E-state index >= 15 is 0 Å². The van der Waals surface area contributed by atoms with Crippen LogP contribution in [0.4, 0.5) is 0 Å². The second-order valence-corrected chi connectivity index (χ2v) is 27.2. The van der Waals surface area contributed by atoms with E-state index in [2.05, 4.69) is 109 Å². The molecular formula is C60H90N4O4+4. The zero-order valence-electron chi connectivity index (χ0n) is 43.5. The average Bonchev–Trinajstić information content (AvgIpc) is 3.72. The lowest BCUT2D eigenvalue weighted by atomic mass is 9.32. The summed E-state index contributed by atoms with van der Waals surface area (Å²) in [4.78, 5) is 28.2. The molecule has 13 rings (SSSR count). The maximum Gasteiger partial charge on any atom is 0.362 e. The third kappa shape index (κ3) is 7.63. The Hall–Kier alpha value is -3.04. The monoisotopic (exact) mass is 931 g/mol. The molecule has 0 amide bonds. The zero-order valence-corrected chi connectivity index (χ0v) is 43.5. The Balaban J connectivity index is 0.735. The minimum absolute atomic E-state index is 0.0140. The topological polar surface area (TPSA) is 52.6 Å². The van der Waals surface area contributed by atoms with E-state index in [1.165, 1.54) is 70.6 Å². The summed E-state index contributed by atoms with van der Waals surface area (Å²) in [7, 11) is 0. The fourth-order valence-electron chi connectivity index (χ4n) is 19.5. The zero-order chi connectivity index (χ0) is 47.4. The van der Waals surface area contributed by atoms with Crippen LogP contribution in [0, 0.1) is 56.7 Å². The number of rotatable bonds is 12. The minimum Gasteiger partial charge on any atom is -0.461 e. The molecular weight excluding hydrogens is 841 g/mol. The number of fused-ring (bicyclic) bond motifs is 13. The molecule has 0 aromatic heterocycles. The van der Waals surface area contributed by atoms with E-state index in [1.54, 1.807) is 0 Å². The molecule has 8 heteroatoms. The number of esters is 2.